The number of oxime groups is 1. The molecule has 1 aromatic heterocycles. The highest BCUT2D eigenvalue weighted by Crippen LogP contribution is 2.19. The lowest BCUT2D eigenvalue weighted by molar-refractivity contribution is 0.259. The van der Waals surface area contributed by atoms with E-state index in [0.29, 0.717) is 18.1 Å². The van der Waals surface area contributed by atoms with Gasteiger partial charge in [-0.05, 0) is 23.8 Å². The van der Waals surface area contributed by atoms with Gasteiger partial charge in [-0.25, -0.2) is 0 Å². The third kappa shape index (κ3) is 3.24. The molecule has 0 spiro atoms. The predicted molar refractivity (Wildman–Crippen MR) is 73.4 cm³/mol. The van der Waals surface area contributed by atoms with Gasteiger partial charge >= 0.3 is 0 Å². The molecule has 0 aliphatic rings. The van der Waals surface area contributed by atoms with E-state index in [1.54, 1.807) is 30.5 Å². The van der Waals surface area contributed by atoms with Crippen LogP contribution in [-0.4, -0.2) is 21.1 Å². The zero-order valence-corrected chi connectivity index (χ0v) is 10.7. The zero-order valence-electron chi connectivity index (χ0n) is 10.7. The van der Waals surface area contributed by atoms with E-state index in [2.05, 4.69) is 10.1 Å². The Bertz CT molecular complexity index is 614. The van der Waals surface area contributed by atoms with E-state index in [1.807, 2.05) is 12.1 Å². The smallest absolute Gasteiger partial charge is 0.188 e. The first-order chi connectivity index (χ1) is 9.74. The number of pyridine rings is 1. The topological polar surface area (TPSA) is 101 Å². The summed E-state index contributed by atoms with van der Waals surface area (Å²) in [4.78, 5) is 3.99. The van der Waals surface area contributed by atoms with Crippen molar-refractivity contribution in [2.75, 3.05) is 0 Å². The van der Waals surface area contributed by atoms with E-state index >= 15 is 0 Å². The number of amidine groups is 1. The second-order valence-electron chi connectivity index (χ2n) is 4.09. The SMILES string of the molecule is NC(=NO)c1cc(COc2ccccc2CO)ccn1. The number of hydrogen-bond acceptors (Lipinski definition) is 5. The Kier molecular flexibility index (Phi) is 4.52. The van der Waals surface area contributed by atoms with Gasteiger partial charge in [0, 0.05) is 11.8 Å². The summed E-state index contributed by atoms with van der Waals surface area (Å²) in [6.45, 7) is 0.215. The molecule has 0 aliphatic heterocycles. The van der Waals surface area contributed by atoms with Crippen LogP contribution in [-0.2, 0) is 13.2 Å². The number of benzene rings is 1. The van der Waals surface area contributed by atoms with Crippen LogP contribution in [0.3, 0.4) is 0 Å². The highest BCUT2D eigenvalue weighted by Gasteiger charge is 2.05. The molecule has 1 heterocycles. The molecule has 6 nitrogen and oxygen atoms in total. The quantitative estimate of drug-likeness (QED) is 0.329. The second-order valence-corrected chi connectivity index (χ2v) is 4.09. The highest BCUT2D eigenvalue weighted by molar-refractivity contribution is 5.95. The van der Waals surface area contributed by atoms with Crippen LogP contribution in [0.5, 0.6) is 5.75 Å². The minimum absolute atomic E-state index is 0.0531. The molecule has 0 amide bonds. The number of ether oxygens (including phenoxy) is 1. The van der Waals surface area contributed by atoms with Crippen LogP contribution in [0.2, 0.25) is 0 Å². The van der Waals surface area contributed by atoms with Gasteiger partial charge in [-0.1, -0.05) is 23.4 Å². The monoisotopic (exact) mass is 273 g/mol. The molecule has 6 heteroatoms. The molecule has 4 N–H and O–H groups in total. The molecule has 1 aromatic carbocycles. The number of rotatable bonds is 5. The van der Waals surface area contributed by atoms with Gasteiger partial charge in [0.25, 0.3) is 0 Å². The van der Waals surface area contributed by atoms with E-state index in [4.69, 9.17) is 15.7 Å². The normalized spacial score (nSPS) is 11.3. The molecule has 0 radical (unpaired) electrons. The molecule has 0 saturated carbocycles. The zero-order chi connectivity index (χ0) is 14.4. The average Bonchev–Trinajstić information content (AvgIpc) is 2.52. The largest absolute Gasteiger partial charge is 0.489 e. The Labute approximate surface area is 116 Å². The van der Waals surface area contributed by atoms with E-state index in [1.165, 1.54) is 0 Å². The van der Waals surface area contributed by atoms with E-state index in [9.17, 15) is 5.11 Å². The number of aliphatic hydroxyl groups excluding tert-OH is 1. The number of aromatic nitrogens is 1. The van der Waals surface area contributed by atoms with Gasteiger partial charge in [0.05, 0.1) is 6.61 Å². The third-order valence-corrected chi connectivity index (χ3v) is 2.73. The molecule has 0 aliphatic carbocycles. The fraction of sp³-hybridized carbons (Fsp3) is 0.143. The summed E-state index contributed by atoms with van der Waals surface area (Å²) < 4.78 is 5.65. The Morgan fingerprint density at radius 3 is 2.85 bits per heavy atom. The van der Waals surface area contributed by atoms with E-state index in [0.717, 1.165) is 11.1 Å². The van der Waals surface area contributed by atoms with Crippen LogP contribution in [0, 0.1) is 0 Å². The molecule has 2 rings (SSSR count). The highest BCUT2D eigenvalue weighted by atomic mass is 16.5. The number of aliphatic hydroxyl groups is 1. The van der Waals surface area contributed by atoms with Crippen molar-refractivity contribution in [1.29, 1.82) is 0 Å². The third-order valence-electron chi connectivity index (χ3n) is 2.73. The van der Waals surface area contributed by atoms with Crippen LogP contribution in [0.4, 0.5) is 0 Å². The summed E-state index contributed by atoms with van der Waals surface area (Å²) in [6, 6.07) is 10.7. The van der Waals surface area contributed by atoms with Crippen LogP contribution in [0.25, 0.3) is 0 Å². The summed E-state index contributed by atoms with van der Waals surface area (Å²) in [7, 11) is 0. The average molecular weight is 273 g/mol. The summed E-state index contributed by atoms with van der Waals surface area (Å²) in [5, 5.41) is 20.7. The maximum absolute atomic E-state index is 9.21. The molecular formula is C14H15N3O3. The predicted octanol–water partition coefficient (Wildman–Crippen LogP) is 1.25. The summed E-state index contributed by atoms with van der Waals surface area (Å²) in [6.07, 6.45) is 1.56. The van der Waals surface area contributed by atoms with Crippen LogP contribution in [0.15, 0.2) is 47.8 Å². The molecule has 0 fully saturated rings. The number of nitrogens with two attached hydrogens (primary N) is 1. The first-order valence-corrected chi connectivity index (χ1v) is 5.99. The maximum Gasteiger partial charge on any atom is 0.188 e. The van der Waals surface area contributed by atoms with Crippen molar-refractivity contribution in [3.63, 3.8) is 0 Å². The number of nitrogens with zero attached hydrogens (tertiary/aromatic N) is 2. The molecular weight excluding hydrogens is 258 g/mol. The van der Waals surface area contributed by atoms with E-state index in [-0.39, 0.29) is 12.4 Å². The van der Waals surface area contributed by atoms with Crippen molar-refractivity contribution in [1.82, 2.24) is 4.98 Å². The fourth-order valence-electron chi connectivity index (χ4n) is 1.69. The van der Waals surface area contributed by atoms with Crippen LogP contribution in [0.1, 0.15) is 16.8 Å². The molecule has 2 aromatic rings. The first kappa shape index (κ1) is 13.8. The van der Waals surface area contributed by atoms with Gasteiger partial charge in [0.1, 0.15) is 18.1 Å². The van der Waals surface area contributed by atoms with Gasteiger partial charge in [-0.2, -0.15) is 0 Å². The molecule has 0 bridgehead atoms. The van der Waals surface area contributed by atoms with Gasteiger partial charge in [0.15, 0.2) is 5.84 Å². The van der Waals surface area contributed by atoms with E-state index < -0.39 is 0 Å². The summed E-state index contributed by atoms with van der Waals surface area (Å²) in [5.41, 5.74) is 7.41. The lowest BCUT2D eigenvalue weighted by atomic mass is 10.2. The summed E-state index contributed by atoms with van der Waals surface area (Å²) in [5.74, 6) is 0.569. The first-order valence-electron chi connectivity index (χ1n) is 5.99. The van der Waals surface area contributed by atoms with Crippen molar-refractivity contribution < 1.29 is 15.1 Å². The fourth-order valence-corrected chi connectivity index (χ4v) is 1.69. The van der Waals surface area contributed by atoms with Crippen molar-refractivity contribution in [2.45, 2.75) is 13.2 Å². The Hall–Kier alpha value is -2.60. The van der Waals surface area contributed by atoms with Gasteiger partial charge in [-0.3, -0.25) is 4.98 Å². The van der Waals surface area contributed by atoms with Crippen molar-refractivity contribution >= 4 is 5.84 Å². The molecule has 0 saturated heterocycles. The summed E-state index contributed by atoms with van der Waals surface area (Å²) >= 11 is 0. The second kappa shape index (κ2) is 6.53. The minimum atomic E-state index is -0.0815. The number of para-hydroxylation sites is 1. The maximum atomic E-state index is 9.21. The van der Waals surface area contributed by atoms with Crippen LogP contribution < -0.4 is 10.5 Å². The van der Waals surface area contributed by atoms with Crippen molar-refractivity contribution in [2.24, 2.45) is 10.9 Å². The minimum Gasteiger partial charge on any atom is -0.489 e. The molecule has 0 atom stereocenters. The Morgan fingerprint density at radius 2 is 2.10 bits per heavy atom. The van der Waals surface area contributed by atoms with Crippen LogP contribution >= 0.6 is 0 Å². The molecule has 20 heavy (non-hydrogen) atoms. The van der Waals surface area contributed by atoms with Gasteiger partial charge in [-0.15, -0.1) is 0 Å². The Morgan fingerprint density at radius 1 is 1.30 bits per heavy atom. The molecule has 0 unspecified atom stereocenters. The molecule has 104 valence electrons. The standard InChI is InChI=1S/C14H15N3O3/c15-14(17-19)12-7-10(5-6-16-12)9-20-13-4-2-1-3-11(13)8-18/h1-7,18-19H,8-9H2,(H2,15,17). The lowest BCUT2D eigenvalue weighted by Gasteiger charge is -2.10. The van der Waals surface area contributed by atoms with Gasteiger partial charge in [0.2, 0.25) is 0 Å². The Balaban J connectivity index is 2.11. The lowest BCUT2D eigenvalue weighted by Crippen LogP contribution is -2.15. The van der Waals surface area contributed by atoms with Gasteiger partial charge < -0.3 is 20.8 Å². The van der Waals surface area contributed by atoms with Crippen molar-refractivity contribution in [3.05, 3.63) is 59.4 Å². The number of hydrogen-bond donors (Lipinski definition) is 3. The van der Waals surface area contributed by atoms with Crippen molar-refractivity contribution in [3.8, 4) is 5.75 Å².